The molecule has 2 amide bonds. The maximum atomic E-state index is 13.4. The summed E-state index contributed by atoms with van der Waals surface area (Å²) in [7, 11) is 1.59. The Morgan fingerprint density at radius 3 is 2.53 bits per heavy atom. The SMILES string of the molecule is COCC[n+]1cnc(C2CC(c3ccc(OC(F)(F)F)cc3)CN(C(=O)N3CCC(C#N)CC3)C2)o1. The number of hydrogen-bond donors (Lipinski definition) is 0. The highest BCUT2D eigenvalue weighted by molar-refractivity contribution is 5.75. The van der Waals surface area contributed by atoms with Crippen molar-refractivity contribution in [3.63, 3.8) is 0 Å². The predicted octanol–water partition coefficient (Wildman–Crippen LogP) is 3.44. The average Bonchev–Trinajstić information content (AvgIpc) is 3.35. The first kappa shape index (κ1) is 25.8. The molecule has 194 valence electrons. The van der Waals surface area contributed by atoms with E-state index in [0.29, 0.717) is 64.5 Å². The molecule has 1 aromatic heterocycles. The maximum Gasteiger partial charge on any atom is 0.573 e. The molecule has 0 spiro atoms. The minimum absolute atomic E-state index is 0.0387. The summed E-state index contributed by atoms with van der Waals surface area (Å²) in [5, 5.41) is 9.16. The summed E-state index contributed by atoms with van der Waals surface area (Å²) < 4.78 is 54.2. The number of alkyl halides is 3. The molecule has 1 aromatic carbocycles. The van der Waals surface area contributed by atoms with Crippen LogP contribution in [0, 0.1) is 17.2 Å². The number of methoxy groups -OCH3 is 1. The lowest BCUT2D eigenvalue weighted by Gasteiger charge is -2.40. The van der Waals surface area contributed by atoms with E-state index < -0.39 is 6.36 Å². The van der Waals surface area contributed by atoms with E-state index in [1.807, 2.05) is 0 Å². The Balaban J connectivity index is 1.53. The molecule has 4 rings (SSSR count). The molecule has 2 fully saturated rings. The van der Waals surface area contributed by atoms with Crippen molar-refractivity contribution in [2.24, 2.45) is 5.92 Å². The molecule has 2 aliphatic rings. The van der Waals surface area contributed by atoms with Crippen LogP contribution >= 0.6 is 0 Å². The number of benzene rings is 1. The molecule has 2 aromatic rings. The normalized spacial score (nSPS) is 21.3. The molecule has 2 unspecified atom stereocenters. The van der Waals surface area contributed by atoms with Crippen molar-refractivity contribution in [3.8, 4) is 11.8 Å². The fraction of sp³-hybridized carbons (Fsp3) is 0.583. The summed E-state index contributed by atoms with van der Waals surface area (Å²) in [5.41, 5.74) is 0.800. The first-order chi connectivity index (χ1) is 17.3. The van der Waals surface area contributed by atoms with Crippen molar-refractivity contribution in [3.05, 3.63) is 42.0 Å². The van der Waals surface area contributed by atoms with Crippen molar-refractivity contribution in [1.82, 2.24) is 14.8 Å². The fourth-order valence-corrected chi connectivity index (χ4v) is 4.77. The average molecular weight is 509 g/mol. The Morgan fingerprint density at radius 1 is 1.19 bits per heavy atom. The molecule has 12 heteroatoms. The van der Waals surface area contributed by atoms with E-state index in [9.17, 15) is 18.0 Å². The number of aromatic nitrogens is 2. The molecule has 0 radical (unpaired) electrons. The third kappa shape index (κ3) is 6.46. The van der Waals surface area contributed by atoms with Gasteiger partial charge in [0.15, 0.2) is 6.54 Å². The van der Waals surface area contributed by atoms with Gasteiger partial charge in [0.1, 0.15) is 5.75 Å². The second-order valence-electron chi connectivity index (χ2n) is 9.13. The quantitative estimate of drug-likeness (QED) is 0.555. The Kier molecular flexibility index (Phi) is 7.98. The summed E-state index contributed by atoms with van der Waals surface area (Å²) in [4.78, 5) is 21.3. The van der Waals surface area contributed by atoms with Crippen LogP contribution in [0.2, 0.25) is 0 Å². The van der Waals surface area contributed by atoms with Crippen molar-refractivity contribution in [2.75, 3.05) is 39.9 Å². The summed E-state index contributed by atoms with van der Waals surface area (Å²) in [5.74, 6) is -0.168. The number of carbonyl (C=O) groups excluding carboxylic acids is 1. The first-order valence-electron chi connectivity index (χ1n) is 11.9. The van der Waals surface area contributed by atoms with Gasteiger partial charge in [0.25, 0.3) is 0 Å². The lowest BCUT2D eigenvalue weighted by molar-refractivity contribution is -0.865. The molecule has 2 saturated heterocycles. The van der Waals surface area contributed by atoms with E-state index in [4.69, 9.17) is 14.5 Å². The summed E-state index contributed by atoms with van der Waals surface area (Å²) in [6.07, 6.45) is -1.28. The third-order valence-corrected chi connectivity index (χ3v) is 6.64. The summed E-state index contributed by atoms with van der Waals surface area (Å²) in [6, 6.07) is 7.93. The third-order valence-electron chi connectivity index (χ3n) is 6.64. The Labute approximate surface area is 207 Å². The Bertz CT molecular complexity index is 1060. The maximum absolute atomic E-state index is 13.4. The number of nitrogens with zero attached hydrogens (tertiary/aromatic N) is 5. The number of urea groups is 1. The number of likely N-dealkylation sites (tertiary alicyclic amines) is 2. The van der Waals surface area contributed by atoms with Gasteiger partial charge in [-0.3, -0.25) is 4.52 Å². The van der Waals surface area contributed by atoms with E-state index in [-0.39, 0.29) is 29.5 Å². The van der Waals surface area contributed by atoms with E-state index in [2.05, 4.69) is 15.8 Å². The van der Waals surface area contributed by atoms with Gasteiger partial charge in [-0.1, -0.05) is 16.9 Å². The lowest BCUT2D eigenvalue weighted by atomic mass is 9.84. The van der Waals surface area contributed by atoms with E-state index >= 15 is 0 Å². The van der Waals surface area contributed by atoms with Gasteiger partial charge in [-0.25, -0.2) is 4.79 Å². The standard InChI is InChI=1S/C24H29F3N5O4/c1-34-11-10-32-16-29-22(36-32)20-12-19(18-2-4-21(5-3-18)35-24(25,26)27)14-31(15-20)23(33)30-8-6-17(13-28)7-9-30/h2-5,16-17,19-20H,6-12,14-15H2,1H3/q+1. The summed E-state index contributed by atoms with van der Waals surface area (Å²) >= 11 is 0. The molecular formula is C24H29F3N5O4+. The zero-order valence-electron chi connectivity index (χ0n) is 20.0. The van der Waals surface area contributed by atoms with Crippen molar-refractivity contribution in [2.45, 2.75) is 44.0 Å². The number of rotatable bonds is 6. The molecule has 36 heavy (non-hydrogen) atoms. The smallest absolute Gasteiger partial charge is 0.406 e. The molecule has 9 nitrogen and oxygen atoms in total. The van der Waals surface area contributed by atoms with E-state index in [1.54, 1.807) is 40.1 Å². The molecule has 0 saturated carbocycles. The van der Waals surface area contributed by atoms with E-state index in [1.165, 1.54) is 12.1 Å². The summed E-state index contributed by atoms with van der Waals surface area (Å²) in [6.45, 7) is 2.81. The van der Waals surface area contributed by atoms with Crippen molar-refractivity contribution < 1.29 is 36.7 Å². The number of hydrogen-bond acceptors (Lipinski definition) is 6. The second kappa shape index (κ2) is 11.2. The predicted molar refractivity (Wildman–Crippen MR) is 119 cm³/mol. The number of carbonyl (C=O) groups is 1. The molecule has 0 aliphatic carbocycles. The highest BCUT2D eigenvalue weighted by Crippen LogP contribution is 2.36. The van der Waals surface area contributed by atoms with E-state index in [0.717, 1.165) is 5.56 Å². The highest BCUT2D eigenvalue weighted by Gasteiger charge is 2.39. The Morgan fingerprint density at radius 2 is 1.89 bits per heavy atom. The Hall–Kier alpha value is -3.33. The molecule has 0 bridgehead atoms. The van der Waals surface area contributed by atoms with Crippen LogP contribution in [0.25, 0.3) is 0 Å². The van der Waals surface area contributed by atoms with Crippen LogP contribution in [-0.2, 0) is 11.3 Å². The molecule has 2 aliphatic heterocycles. The van der Waals surface area contributed by atoms with Gasteiger partial charge in [0, 0.05) is 45.1 Å². The number of amides is 2. The van der Waals surface area contributed by atoms with Crippen LogP contribution in [0.4, 0.5) is 18.0 Å². The van der Waals surface area contributed by atoms with Crippen molar-refractivity contribution >= 4 is 6.03 Å². The monoisotopic (exact) mass is 508 g/mol. The lowest BCUT2D eigenvalue weighted by Crippen LogP contribution is -2.51. The molecule has 0 N–H and O–H groups in total. The van der Waals surface area contributed by atoms with Gasteiger partial charge in [0.05, 0.1) is 18.6 Å². The number of nitriles is 1. The highest BCUT2D eigenvalue weighted by atomic mass is 19.4. The molecule has 3 heterocycles. The second-order valence-corrected chi connectivity index (χ2v) is 9.13. The number of halogens is 3. The van der Waals surface area contributed by atoms with Crippen LogP contribution in [0.15, 0.2) is 35.1 Å². The first-order valence-corrected chi connectivity index (χ1v) is 11.9. The zero-order valence-corrected chi connectivity index (χ0v) is 20.0. The minimum Gasteiger partial charge on any atom is -0.406 e. The molecular weight excluding hydrogens is 479 g/mol. The number of piperidine rings is 2. The molecule has 2 atom stereocenters. The van der Waals surface area contributed by atoms with Crippen LogP contribution < -0.4 is 9.48 Å². The largest absolute Gasteiger partial charge is 0.573 e. The zero-order chi connectivity index (χ0) is 25.7. The van der Waals surface area contributed by atoms with Gasteiger partial charge < -0.3 is 19.3 Å². The fourth-order valence-electron chi connectivity index (χ4n) is 4.77. The van der Waals surface area contributed by atoms with Gasteiger partial charge in [-0.15, -0.1) is 13.2 Å². The van der Waals surface area contributed by atoms with Gasteiger partial charge in [-0.2, -0.15) is 5.26 Å². The van der Waals surface area contributed by atoms with Crippen molar-refractivity contribution in [1.29, 1.82) is 5.26 Å². The minimum atomic E-state index is -4.76. The van der Waals surface area contributed by atoms with Gasteiger partial charge in [-0.05, 0) is 41.9 Å². The van der Waals surface area contributed by atoms with Crippen LogP contribution in [0.3, 0.4) is 0 Å². The number of ether oxygens (including phenoxy) is 2. The van der Waals surface area contributed by atoms with Crippen LogP contribution in [-0.4, -0.2) is 67.1 Å². The van der Waals surface area contributed by atoms with Crippen LogP contribution in [0.5, 0.6) is 5.75 Å². The van der Waals surface area contributed by atoms with Crippen LogP contribution in [0.1, 0.15) is 42.6 Å². The topological polar surface area (TPSA) is 95.7 Å². The van der Waals surface area contributed by atoms with Gasteiger partial charge >= 0.3 is 24.6 Å². The van der Waals surface area contributed by atoms with Gasteiger partial charge in [0.2, 0.25) is 0 Å².